The van der Waals surface area contributed by atoms with Crippen LogP contribution in [0.4, 0.5) is 18.9 Å². The maximum Gasteiger partial charge on any atom is 0.471 e. The summed E-state index contributed by atoms with van der Waals surface area (Å²) in [5, 5.41) is 6.85. The minimum atomic E-state index is -4.93. The standard InChI is InChI=1S/C15H8ClF3N2O2/c16-9-3-6-12-11(7-9)13(23-21-12)8-1-4-10(5-2-8)20-14(22)15(17,18)19/h1-7H,(H,20,22). The minimum absolute atomic E-state index is 0.0259. The van der Waals surface area contributed by atoms with E-state index in [9.17, 15) is 18.0 Å². The Morgan fingerprint density at radius 2 is 1.83 bits per heavy atom. The Labute approximate surface area is 132 Å². The number of hydrogen-bond acceptors (Lipinski definition) is 3. The van der Waals surface area contributed by atoms with Gasteiger partial charge in [0.15, 0.2) is 5.76 Å². The highest BCUT2D eigenvalue weighted by molar-refractivity contribution is 6.31. The second kappa shape index (κ2) is 5.58. The minimum Gasteiger partial charge on any atom is -0.355 e. The van der Waals surface area contributed by atoms with E-state index in [4.69, 9.17) is 16.1 Å². The lowest BCUT2D eigenvalue weighted by molar-refractivity contribution is -0.167. The van der Waals surface area contributed by atoms with Crippen LogP contribution in [-0.4, -0.2) is 17.2 Å². The fraction of sp³-hybridized carbons (Fsp3) is 0.0667. The van der Waals surface area contributed by atoms with Crippen LogP contribution in [-0.2, 0) is 4.79 Å². The quantitative estimate of drug-likeness (QED) is 0.738. The fourth-order valence-electron chi connectivity index (χ4n) is 2.03. The molecule has 0 unspecified atom stereocenters. The molecule has 0 radical (unpaired) electrons. The molecule has 0 fully saturated rings. The molecule has 4 nitrogen and oxygen atoms in total. The van der Waals surface area contributed by atoms with Crippen molar-refractivity contribution < 1.29 is 22.5 Å². The van der Waals surface area contributed by atoms with Crippen LogP contribution in [0.2, 0.25) is 5.02 Å². The molecule has 1 N–H and O–H groups in total. The maximum atomic E-state index is 12.2. The van der Waals surface area contributed by atoms with Gasteiger partial charge in [0.25, 0.3) is 0 Å². The van der Waals surface area contributed by atoms with Gasteiger partial charge in [0, 0.05) is 16.3 Å². The molecule has 3 rings (SSSR count). The van der Waals surface area contributed by atoms with Crippen LogP contribution in [0.1, 0.15) is 0 Å². The molecule has 0 atom stereocenters. The van der Waals surface area contributed by atoms with Crippen molar-refractivity contribution >= 4 is 34.1 Å². The number of carbonyl (C=O) groups excluding carboxylic acids is 1. The zero-order valence-electron chi connectivity index (χ0n) is 11.3. The summed E-state index contributed by atoms with van der Waals surface area (Å²) in [7, 11) is 0. The monoisotopic (exact) mass is 340 g/mol. The van der Waals surface area contributed by atoms with Crippen molar-refractivity contribution in [2.75, 3.05) is 5.32 Å². The lowest BCUT2D eigenvalue weighted by Crippen LogP contribution is -2.29. The summed E-state index contributed by atoms with van der Waals surface area (Å²) in [5.41, 5.74) is 1.23. The molecule has 1 heterocycles. The van der Waals surface area contributed by atoms with Crippen molar-refractivity contribution in [1.29, 1.82) is 0 Å². The number of halogens is 4. The van der Waals surface area contributed by atoms with E-state index in [0.717, 1.165) is 0 Å². The van der Waals surface area contributed by atoms with E-state index in [-0.39, 0.29) is 5.69 Å². The first kappa shape index (κ1) is 15.4. The van der Waals surface area contributed by atoms with Crippen molar-refractivity contribution in [3.63, 3.8) is 0 Å². The highest BCUT2D eigenvalue weighted by Gasteiger charge is 2.38. The van der Waals surface area contributed by atoms with Gasteiger partial charge in [-0.3, -0.25) is 4.79 Å². The van der Waals surface area contributed by atoms with Crippen LogP contribution < -0.4 is 5.32 Å². The molecular formula is C15H8ClF3N2O2. The lowest BCUT2D eigenvalue weighted by atomic mass is 10.1. The maximum absolute atomic E-state index is 12.2. The first-order valence-electron chi connectivity index (χ1n) is 6.38. The summed E-state index contributed by atoms with van der Waals surface area (Å²) < 4.78 is 41.9. The molecule has 0 aliphatic heterocycles. The molecule has 2 aromatic carbocycles. The number of amides is 1. The largest absolute Gasteiger partial charge is 0.471 e. The predicted molar refractivity (Wildman–Crippen MR) is 79.1 cm³/mol. The topological polar surface area (TPSA) is 55.1 Å². The van der Waals surface area contributed by atoms with Gasteiger partial charge in [-0.15, -0.1) is 0 Å². The highest BCUT2D eigenvalue weighted by atomic mass is 35.5. The van der Waals surface area contributed by atoms with E-state index in [0.29, 0.717) is 27.2 Å². The normalized spacial score (nSPS) is 11.7. The average molecular weight is 341 g/mol. The third kappa shape index (κ3) is 3.14. The van der Waals surface area contributed by atoms with Crippen LogP contribution in [0.5, 0.6) is 0 Å². The molecule has 0 saturated carbocycles. The first-order valence-corrected chi connectivity index (χ1v) is 6.76. The van der Waals surface area contributed by atoms with Gasteiger partial charge >= 0.3 is 12.1 Å². The Morgan fingerprint density at radius 3 is 2.48 bits per heavy atom. The molecule has 0 bridgehead atoms. The van der Waals surface area contributed by atoms with Gasteiger partial charge in [-0.2, -0.15) is 13.2 Å². The van der Waals surface area contributed by atoms with E-state index in [1.54, 1.807) is 23.5 Å². The van der Waals surface area contributed by atoms with Gasteiger partial charge in [-0.25, -0.2) is 0 Å². The molecular weight excluding hydrogens is 333 g/mol. The number of nitrogens with zero attached hydrogens (tertiary/aromatic N) is 1. The summed E-state index contributed by atoms with van der Waals surface area (Å²) in [6.45, 7) is 0. The number of hydrogen-bond donors (Lipinski definition) is 1. The fourth-order valence-corrected chi connectivity index (χ4v) is 2.20. The van der Waals surface area contributed by atoms with Crippen molar-refractivity contribution in [3.8, 4) is 11.3 Å². The number of anilines is 1. The molecule has 3 aromatic rings. The van der Waals surface area contributed by atoms with E-state index >= 15 is 0 Å². The zero-order chi connectivity index (χ0) is 16.6. The van der Waals surface area contributed by atoms with Crippen LogP contribution in [0.25, 0.3) is 22.2 Å². The second-order valence-corrected chi connectivity index (χ2v) is 5.14. The number of nitrogens with one attached hydrogen (secondary N) is 1. The summed E-state index contributed by atoms with van der Waals surface area (Å²) in [4.78, 5) is 10.9. The van der Waals surface area contributed by atoms with E-state index < -0.39 is 12.1 Å². The van der Waals surface area contributed by atoms with Gasteiger partial charge < -0.3 is 9.84 Å². The molecule has 1 aromatic heterocycles. The van der Waals surface area contributed by atoms with E-state index in [2.05, 4.69) is 5.16 Å². The Morgan fingerprint density at radius 1 is 1.13 bits per heavy atom. The average Bonchev–Trinajstić information content (AvgIpc) is 2.90. The molecule has 118 valence electrons. The molecule has 8 heteroatoms. The van der Waals surface area contributed by atoms with Crippen molar-refractivity contribution in [1.82, 2.24) is 5.16 Å². The van der Waals surface area contributed by atoms with Crippen molar-refractivity contribution in [2.24, 2.45) is 0 Å². The van der Waals surface area contributed by atoms with Crippen LogP contribution >= 0.6 is 11.6 Å². The lowest BCUT2D eigenvalue weighted by Gasteiger charge is -2.08. The summed E-state index contributed by atoms with van der Waals surface area (Å²) in [6.07, 6.45) is -4.93. The Bertz CT molecular complexity index is 873. The molecule has 0 aliphatic rings. The Hall–Kier alpha value is -2.54. The molecule has 0 aliphatic carbocycles. The Kier molecular flexibility index (Phi) is 3.73. The molecule has 23 heavy (non-hydrogen) atoms. The van der Waals surface area contributed by atoms with E-state index in [1.165, 1.54) is 24.3 Å². The first-order chi connectivity index (χ1) is 10.8. The Balaban J connectivity index is 1.90. The number of aromatic nitrogens is 1. The van der Waals surface area contributed by atoms with Gasteiger partial charge in [0.2, 0.25) is 0 Å². The number of benzene rings is 2. The zero-order valence-corrected chi connectivity index (χ0v) is 12.1. The summed E-state index contributed by atoms with van der Waals surface area (Å²) in [5.74, 6) is -1.58. The number of rotatable bonds is 2. The third-order valence-corrected chi connectivity index (χ3v) is 3.34. The molecule has 0 saturated heterocycles. The number of carbonyl (C=O) groups is 1. The number of fused-ring (bicyclic) bond motifs is 1. The van der Waals surface area contributed by atoms with Gasteiger partial charge in [0.1, 0.15) is 5.52 Å². The van der Waals surface area contributed by atoms with Crippen LogP contribution in [0.15, 0.2) is 47.0 Å². The smallest absolute Gasteiger partial charge is 0.355 e. The number of alkyl halides is 3. The molecule has 1 amide bonds. The molecule has 0 spiro atoms. The second-order valence-electron chi connectivity index (χ2n) is 4.70. The van der Waals surface area contributed by atoms with E-state index in [1.807, 2.05) is 0 Å². The highest BCUT2D eigenvalue weighted by Crippen LogP contribution is 2.31. The third-order valence-electron chi connectivity index (χ3n) is 3.10. The summed E-state index contributed by atoms with van der Waals surface area (Å²) in [6, 6.07) is 10.8. The van der Waals surface area contributed by atoms with Crippen molar-refractivity contribution in [3.05, 3.63) is 47.5 Å². The van der Waals surface area contributed by atoms with Gasteiger partial charge in [-0.1, -0.05) is 16.8 Å². The SMILES string of the molecule is O=C(Nc1ccc(-c2onc3ccc(Cl)cc23)cc1)C(F)(F)F. The van der Waals surface area contributed by atoms with Crippen LogP contribution in [0, 0.1) is 0 Å². The van der Waals surface area contributed by atoms with Crippen LogP contribution in [0.3, 0.4) is 0 Å². The van der Waals surface area contributed by atoms with Gasteiger partial charge in [0.05, 0.1) is 5.39 Å². The van der Waals surface area contributed by atoms with Gasteiger partial charge in [-0.05, 0) is 42.5 Å². The van der Waals surface area contributed by atoms with Crippen molar-refractivity contribution in [2.45, 2.75) is 6.18 Å². The predicted octanol–water partition coefficient (Wildman–Crippen LogP) is 4.65. The summed E-state index contributed by atoms with van der Waals surface area (Å²) >= 11 is 5.94.